The minimum absolute atomic E-state index is 0.184. The first-order valence-corrected chi connectivity index (χ1v) is 9.06. The molecule has 4 aromatic rings. The van der Waals surface area contributed by atoms with Gasteiger partial charge in [0.05, 0.1) is 16.5 Å². The lowest BCUT2D eigenvalue weighted by Crippen LogP contribution is -2.09. The first-order valence-electron chi connectivity index (χ1n) is 8.30. The highest BCUT2D eigenvalue weighted by molar-refractivity contribution is 6.31. The quantitative estimate of drug-likeness (QED) is 0.307. The van der Waals surface area contributed by atoms with Gasteiger partial charge in [0, 0.05) is 16.1 Å². The summed E-state index contributed by atoms with van der Waals surface area (Å²) >= 11 is 11.8. The van der Waals surface area contributed by atoms with E-state index in [9.17, 15) is 9.59 Å². The van der Waals surface area contributed by atoms with E-state index in [0.29, 0.717) is 37.7 Å². The van der Waals surface area contributed by atoms with E-state index < -0.39 is 5.97 Å². The fraction of sp³-hybridized carbons (Fsp3) is 0. The minimum atomic E-state index is -0.554. The van der Waals surface area contributed by atoms with Gasteiger partial charge in [-0.25, -0.2) is 4.79 Å². The van der Waals surface area contributed by atoms with E-state index in [1.165, 1.54) is 18.4 Å². The number of rotatable bonds is 3. The van der Waals surface area contributed by atoms with E-state index in [0.717, 1.165) is 0 Å². The highest BCUT2D eigenvalue weighted by atomic mass is 35.5. The van der Waals surface area contributed by atoms with Crippen LogP contribution in [-0.4, -0.2) is 5.97 Å². The molecule has 0 spiro atoms. The summed E-state index contributed by atoms with van der Waals surface area (Å²) in [5.74, 6) is -0.290. The van der Waals surface area contributed by atoms with Crippen LogP contribution in [0.25, 0.3) is 22.1 Å². The Morgan fingerprint density at radius 2 is 1.68 bits per heavy atom. The first kappa shape index (κ1) is 18.3. The van der Waals surface area contributed by atoms with Gasteiger partial charge in [-0.15, -0.1) is 0 Å². The number of benzene rings is 3. The van der Waals surface area contributed by atoms with Crippen molar-refractivity contribution in [1.82, 2.24) is 0 Å². The van der Waals surface area contributed by atoms with Crippen LogP contribution in [0.2, 0.25) is 10.0 Å². The molecule has 0 saturated heterocycles. The van der Waals surface area contributed by atoms with Crippen molar-refractivity contribution in [2.75, 3.05) is 0 Å². The van der Waals surface area contributed by atoms with Gasteiger partial charge in [-0.1, -0.05) is 41.4 Å². The van der Waals surface area contributed by atoms with Crippen molar-refractivity contribution >= 4 is 40.1 Å². The van der Waals surface area contributed by atoms with E-state index in [-0.39, 0.29) is 11.2 Å². The third-order valence-electron chi connectivity index (χ3n) is 4.17. The molecule has 0 saturated carbocycles. The lowest BCUT2D eigenvalue weighted by Gasteiger charge is -2.07. The summed E-state index contributed by atoms with van der Waals surface area (Å²) in [7, 11) is 0. The first-order chi connectivity index (χ1) is 13.5. The van der Waals surface area contributed by atoms with Gasteiger partial charge in [-0.3, -0.25) is 4.79 Å². The number of fused-ring (bicyclic) bond motifs is 1. The summed E-state index contributed by atoms with van der Waals surface area (Å²) < 4.78 is 11.0. The zero-order valence-electron chi connectivity index (χ0n) is 14.3. The maximum Gasteiger partial charge on any atom is 0.343 e. The molecule has 138 valence electrons. The van der Waals surface area contributed by atoms with E-state index >= 15 is 0 Å². The maximum atomic E-state index is 12.8. The molecule has 0 aliphatic heterocycles. The SMILES string of the molecule is O=C(Oc1ccc2c(=O)c(-c3ccc(Cl)cc3)coc2c1)c1cccc(Cl)c1. The summed E-state index contributed by atoms with van der Waals surface area (Å²) in [5, 5.41) is 1.41. The van der Waals surface area contributed by atoms with Crippen molar-refractivity contribution in [3.05, 3.63) is 98.8 Å². The summed E-state index contributed by atoms with van der Waals surface area (Å²) in [6.07, 6.45) is 1.39. The molecule has 3 aromatic carbocycles. The van der Waals surface area contributed by atoms with Crippen LogP contribution in [0, 0.1) is 0 Å². The van der Waals surface area contributed by atoms with Gasteiger partial charge in [0.1, 0.15) is 17.6 Å². The molecule has 0 unspecified atom stereocenters. The Morgan fingerprint density at radius 1 is 0.893 bits per heavy atom. The van der Waals surface area contributed by atoms with Gasteiger partial charge in [0.15, 0.2) is 5.43 Å². The standard InChI is InChI=1S/C22H12Cl2O4/c23-15-6-4-13(5-7-15)19-12-27-20-11-17(8-9-18(20)21(19)25)28-22(26)14-2-1-3-16(24)10-14/h1-12H. The van der Waals surface area contributed by atoms with Gasteiger partial charge in [0.25, 0.3) is 0 Å². The smallest absolute Gasteiger partial charge is 0.343 e. The van der Waals surface area contributed by atoms with E-state index in [2.05, 4.69) is 0 Å². The second kappa shape index (κ2) is 7.50. The molecule has 4 nitrogen and oxygen atoms in total. The second-order valence-electron chi connectivity index (χ2n) is 6.04. The Labute approximate surface area is 169 Å². The zero-order valence-corrected chi connectivity index (χ0v) is 15.8. The van der Waals surface area contributed by atoms with Crippen LogP contribution >= 0.6 is 23.2 Å². The molecule has 6 heteroatoms. The van der Waals surface area contributed by atoms with Crippen LogP contribution < -0.4 is 10.2 Å². The molecule has 0 N–H and O–H groups in total. The number of halogens is 2. The van der Waals surface area contributed by atoms with Crippen LogP contribution in [0.1, 0.15) is 10.4 Å². The van der Waals surface area contributed by atoms with E-state index in [1.54, 1.807) is 54.6 Å². The van der Waals surface area contributed by atoms with Crippen LogP contribution in [0.4, 0.5) is 0 Å². The van der Waals surface area contributed by atoms with Gasteiger partial charge < -0.3 is 9.15 Å². The molecule has 0 radical (unpaired) electrons. The van der Waals surface area contributed by atoms with E-state index in [1.807, 2.05) is 0 Å². The third-order valence-corrected chi connectivity index (χ3v) is 4.66. The summed E-state index contributed by atoms with van der Waals surface area (Å²) in [4.78, 5) is 25.0. The molecule has 1 heterocycles. The van der Waals surface area contributed by atoms with Crippen LogP contribution in [0.3, 0.4) is 0 Å². The minimum Gasteiger partial charge on any atom is -0.463 e. The molecule has 0 fully saturated rings. The van der Waals surface area contributed by atoms with Gasteiger partial charge in [-0.05, 0) is 48.0 Å². The normalized spacial score (nSPS) is 10.8. The van der Waals surface area contributed by atoms with Crippen molar-refractivity contribution in [2.24, 2.45) is 0 Å². The van der Waals surface area contributed by atoms with Crippen molar-refractivity contribution in [3.8, 4) is 16.9 Å². The Kier molecular flexibility index (Phi) is 4.90. The largest absolute Gasteiger partial charge is 0.463 e. The molecule has 28 heavy (non-hydrogen) atoms. The topological polar surface area (TPSA) is 56.5 Å². The Bertz CT molecular complexity index is 1240. The van der Waals surface area contributed by atoms with Crippen molar-refractivity contribution in [2.45, 2.75) is 0 Å². The highest BCUT2D eigenvalue weighted by Gasteiger charge is 2.13. The fourth-order valence-corrected chi connectivity index (χ4v) is 3.10. The van der Waals surface area contributed by atoms with Crippen LogP contribution in [0.5, 0.6) is 5.75 Å². The van der Waals surface area contributed by atoms with Crippen LogP contribution in [0.15, 0.2) is 82.2 Å². The van der Waals surface area contributed by atoms with Crippen molar-refractivity contribution < 1.29 is 13.9 Å². The predicted molar refractivity (Wildman–Crippen MR) is 109 cm³/mol. The number of ether oxygens (including phenoxy) is 1. The van der Waals surface area contributed by atoms with E-state index in [4.69, 9.17) is 32.4 Å². The summed E-state index contributed by atoms with van der Waals surface area (Å²) in [5.41, 5.74) is 1.59. The summed E-state index contributed by atoms with van der Waals surface area (Å²) in [6.45, 7) is 0. The number of hydrogen-bond donors (Lipinski definition) is 0. The zero-order chi connectivity index (χ0) is 19.7. The Morgan fingerprint density at radius 3 is 2.43 bits per heavy atom. The molecular weight excluding hydrogens is 399 g/mol. The Hall–Kier alpha value is -3.08. The second-order valence-corrected chi connectivity index (χ2v) is 6.92. The number of carbonyl (C=O) groups excluding carboxylic acids is 1. The fourth-order valence-electron chi connectivity index (χ4n) is 2.78. The molecule has 0 amide bonds. The van der Waals surface area contributed by atoms with Crippen LogP contribution in [-0.2, 0) is 0 Å². The van der Waals surface area contributed by atoms with Gasteiger partial charge in [-0.2, -0.15) is 0 Å². The van der Waals surface area contributed by atoms with Crippen molar-refractivity contribution in [3.63, 3.8) is 0 Å². The average Bonchev–Trinajstić information content (AvgIpc) is 2.69. The monoisotopic (exact) mass is 410 g/mol. The highest BCUT2D eigenvalue weighted by Crippen LogP contribution is 2.25. The predicted octanol–water partition coefficient (Wildman–Crippen LogP) is 5.99. The lowest BCUT2D eigenvalue weighted by atomic mass is 10.1. The molecular formula is C22H12Cl2O4. The molecule has 4 rings (SSSR count). The third kappa shape index (κ3) is 3.65. The number of esters is 1. The molecule has 0 bridgehead atoms. The summed E-state index contributed by atoms with van der Waals surface area (Å²) in [6, 6.07) is 18.0. The molecule has 0 aliphatic rings. The Balaban J connectivity index is 1.67. The maximum absolute atomic E-state index is 12.8. The molecule has 0 aliphatic carbocycles. The number of carbonyl (C=O) groups is 1. The van der Waals surface area contributed by atoms with Gasteiger partial charge in [0.2, 0.25) is 0 Å². The number of hydrogen-bond acceptors (Lipinski definition) is 4. The average molecular weight is 411 g/mol. The van der Waals surface area contributed by atoms with Crippen molar-refractivity contribution in [1.29, 1.82) is 0 Å². The molecule has 0 atom stereocenters. The molecule has 1 aromatic heterocycles. The van der Waals surface area contributed by atoms with Gasteiger partial charge >= 0.3 is 5.97 Å². The lowest BCUT2D eigenvalue weighted by molar-refractivity contribution is 0.0735.